The summed E-state index contributed by atoms with van der Waals surface area (Å²) in [4.78, 5) is 18.7. The zero-order valence-electron chi connectivity index (χ0n) is 14.7. The van der Waals surface area contributed by atoms with Crippen LogP contribution < -0.4 is 5.56 Å². The number of aromatic nitrogens is 3. The largest absolute Gasteiger partial charge is 0.451 e. The van der Waals surface area contributed by atoms with Crippen molar-refractivity contribution in [2.75, 3.05) is 13.1 Å². The maximum absolute atomic E-state index is 12.1. The predicted molar refractivity (Wildman–Crippen MR) is 91.7 cm³/mol. The number of nitrogens with zero attached hydrogens (tertiary/aromatic N) is 4. The molecule has 6 heteroatoms. The van der Waals surface area contributed by atoms with Crippen molar-refractivity contribution in [2.45, 2.75) is 52.1 Å². The molecule has 1 aliphatic heterocycles. The molecule has 0 saturated carbocycles. The monoisotopic (exact) mass is 330 g/mol. The first-order valence-corrected chi connectivity index (χ1v) is 8.60. The van der Waals surface area contributed by atoms with Crippen LogP contribution >= 0.6 is 0 Å². The lowest BCUT2D eigenvalue weighted by Gasteiger charge is -2.31. The van der Waals surface area contributed by atoms with E-state index < -0.39 is 0 Å². The third-order valence-corrected chi connectivity index (χ3v) is 4.64. The molecule has 1 aliphatic rings. The summed E-state index contributed by atoms with van der Waals surface area (Å²) in [5.74, 6) is 0.499. The fraction of sp³-hybridized carbons (Fsp3) is 0.611. The molecule has 1 saturated heterocycles. The molecule has 0 aromatic carbocycles. The molecule has 24 heavy (non-hydrogen) atoms. The summed E-state index contributed by atoms with van der Waals surface area (Å²) < 4.78 is 6.68. The van der Waals surface area contributed by atoms with Crippen molar-refractivity contribution in [2.24, 2.45) is 5.92 Å². The molecular formula is C18H26N4O2. The lowest BCUT2D eigenvalue weighted by molar-refractivity contribution is 0.161. The Balaban J connectivity index is 1.59. The lowest BCUT2D eigenvalue weighted by Crippen LogP contribution is -2.37. The molecule has 0 spiro atoms. The van der Waals surface area contributed by atoms with Crippen LogP contribution in [0.3, 0.4) is 0 Å². The predicted octanol–water partition coefficient (Wildman–Crippen LogP) is 2.44. The third-order valence-electron chi connectivity index (χ3n) is 4.64. The Morgan fingerprint density at radius 2 is 2.00 bits per heavy atom. The first-order chi connectivity index (χ1) is 11.4. The van der Waals surface area contributed by atoms with Gasteiger partial charge >= 0.3 is 0 Å². The zero-order valence-corrected chi connectivity index (χ0v) is 14.7. The second-order valence-corrected chi connectivity index (χ2v) is 7.69. The first kappa shape index (κ1) is 16.9. The van der Waals surface area contributed by atoms with Gasteiger partial charge in [0.05, 0.1) is 11.4 Å². The number of hydrogen-bond acceptors (Lipinski definition) is 5. The number of oxazole rings is 1. The van der Waals surface area contributed by atoms with Gasteiger partial charge in [-0.1, -0.05) is 20.8 Å². The minimum Gasteiger partial charge on any atom is -0.451 e. The van der Waals surface area contributed by atoms with E-state index in [1.54, 1.807) is 17.0 Å². The molecular weight excluding hydrogens is 304 g/mol. The van der Waals surface area contributed by atoms with Crippen LogP contribution in [0.1, 0.15) is 45.0 Å². The topological polar surface area (TPSA) is 64.2 Å². The molecule has 3 heterocycles. The summed E-state index contributed by atoms with van der Waals surface area (Å²) in [6.07, 6.45) is 5.33. The summed E-state index contributed by atoms with van der Waals surface area (Å²) in [7, 11) is 0. The van der Waals surface area contributed by atoms with Crippen LogP contribution in [0.4, 0.5) is 0 Å². The van der Waals surface area contributed by atoms with E-state index >= 15 is 0 Å². The van der Waals surface area contributed by atoms with E-state index in [0.29, 0.717) is 12.5 Å². The van der Waals surface area contributed by atoms with Gasteiger partial charge in [-0.15, -0.1) is 0 Å². The van der Waals surface area contributed by atoms with Gasteiger partial charge in [-0.25, -0.2) is 9.67 Å². The first-order valence-electron chi connectivity index (χ1n) is 8.60. The molecule has 0 bridgehead atoms. The Morgan fingerprint density at radius 3 is 2.62 bits per heavy atom. The third kappa shape index (κ3) is 4.12. The Kier molecular flexibility index (Phi) is 4.85. The van der Waals surface area contributed by atoms with E-state index in [9.17, 15) is 4.79 Å². The summed E-state index contributed by atoms with van der Waals surface area (Å²) in [5, 5.41) is 4.59. The summed E-state index contributed by atoms with van der Waals surface area (Å²) in [5.41, 5.74) is 1.89. The molecule has 0 amide bonds. The highest BCUT2D eigenvalue weighted by Gasteiger charge is 2.22. The van der Waals surface area contributed by atoms with E-state index in [4.69, 9.17) is 4.42 Å². The van der Waals surface area contributed by atoms with Gasteiger partial charge in [0.25, 0.3) is 5.56 Å². The number of likely N-dealkylation sites (tertiary alicyclic amines) is 1. The van der Waals surface area contributed by atoms with Gasteiger partial charge in [0.2, 0.25) is 0 Å². The van der Waals surface area contributed by atoms with Crippen molar-refractivity contribution in [3.8, 4) is 0 Å². The summed E-state index contributed by atoms with van der Waals surface area (Å²) >= 11 is 0. The molecule has 130 valence electrons. The average Bonchev–Trinajstić information content (AvgIpc) is 3.03. The van der Waals surface area contributed by atoms with E-state index in [2.05, 4.69) is 35.8 Å². The van der Waals surface area contributed by atoms with Crippen molar-refractivity contribution in [3.05, 3.63) is 46.5 Å². The van der Waals surface area contributed by atoms with Crippen LogP contribution in [-0.2, 0) is 18.5 Å². The minimum absolute atomic E-state index is 0.00646. The maximum Gasteiger partial charge on any atom is 0.266 e. The van der Waals surface area contributed by atoms with Crippen LogP contribution in [0, 0.1) is 5.92 Å². The van der Waals surface area contributed by atoms with Crippen molar-refractivity contribution in [1.82, 2.24) is 19.7 Å². The Labute approximate surface area is 142 Å². The van der Waals surface area contributed by atoms with Crippen LogP contribution in [0.15, 0.2) is 34.0 Å². The van der Waals surface area contributed by atoms with Crippen molar-refractivity contribution < 1.29 is 4.42 Å². The van der Waals surface area contributed by atoms with Crippen LogP contribution in [-0.4, -0.2) is 32.8 Å². The molecule has 0 radical (unpaired) electrons. The van der Waals surface area contributed by atoms with Gasteiger partial charge in [0.1, 0.15) is 6.26 Å². The second-order valence-electron chi connectivity index (χ2n) is 7.69. The second kappa shape index (κ2) is 6.89. The number of hydrogen-bond donors (Lipinski definition) is 0. The van der Waals surface area contributed by atoms with Crippen LogP contribution in [0.2, 0.25) is 0 Å². The van der Waals surface area contributed by atoms with Crippen molar-refractivity contribution in [3.63, 3.8) is 0 Å². The molecule has 2 aromatic heterocycles. The van der Waals surface area contributed by atoms with Gasteiger partial charge in [-0.2, -0.15) is 5.10 Å². The lowest BCUT2D eigenvalue weighted by atomic mass is 9.92. The van der Waals surface area contributed by atoms with Crippen molar-refractivity contribution >= 4 is 0 Å². The number of piperidine rings is 1. The average molecular weight is 330 g/mol. The molecule has 0 atom stereocenters. The Hall–Kier alpha value is -1.95. The Bertz CT molecular complexity index is 707. The molecule has 0 N–H and O–H groups in total. The summed E-state index contributed by atoms with van der Waals surface area (Å²) in [6, 6.07) is 3.49. The molecule has 1 fully saturated rings. The Morgan fingerprint density at radius 1 is 1.25 bits per heavy atom. The highest BCUT2D eigenvalue weighted by atomic mass is 16.3. The molecule has 6 nitrogen and oxygen atoms in total. The highest BCUT2D eigenvalue weighted by molar-refractivity contribution is 5.10. The minimum atomic E-state index is -0.0452. The van der Waals surface area contributed by atoms with Crippen LogP contribution in [0.5, 0.6) is 0 Å². The number of rotatable bonds is 4. The van der Waals surface area contributed by atoms with E-state index in [0.717, 1.165) is 43.9 Å². The van der Waals surface area contributed by atoms with E-state index in [1.165, 1.54) is 6.39 Å². The van der Waals surface area contributed by atoms with Gasteiger partial charge in [-0.05, 0) is 37.9 Å². The zero-order chi connectivity index (χ0) is 17.2. The molecule has 0 aliphatic carbocycles. The SMILES string of the molecule is CC(C)(C)c1ccc(=O)n(CC2CCN(Cc3cocn3)CC2)n1. The normalized spacial score (nSPS) is 17.3. The molecule has 2 aromatic rings. The van der Waals surface area contributed by atoms with Crippen LogP contribution in [0.25, 0.3) is 0 Å². The molecule has 0 unspecified atom stereocenters. The van der Waals surface area contributed by atoms with Gasteiger partial charge in [-0.3, -0.25) is 9.69 Å². The molecule has 3 rings (SSSR count). The van der Waals surface area contributed by atoms with Crippen molar-refractivity contribution in [1.29, 1.82) is 0 Å². The quantitative estimate of drug-likeness (QED) is 0.861. The fourth-order valence-electron chi connectivity index (χ4n) is 3.10. The van der Waals surface area contributed by atoms with Gasteiger partial charge in [0, 0.05) is 24.6 Å². The van der Waals surface area contributed by atoms with Gasteiger partial charge < -0.3 is 4.42 Å². The fourth-order valence-corrected chi connectivity index (χ4v) is 3.10. The smallest absolute Gasteiger partial charge is 0.266 e. The van der Waals surface area contributed by atoms with E-state index in [1.807, 2.05) is 6.07 Å². The summed E-state index contributed by atoms with van der Waals surface area (Å²) in [6.45, 7) is 9.93. The van der Waals surface area contributed by atoms with E-state index in [-0.39, 0.29) is 11.0 Å². The van der Waals surface area contributed by atoms with Gasteiger partial charge in [0.15, 0.2) is 6.39 Å². The maximum atomic E-state index is 12.1. The standard InChI is InChI=1S/C18H26N4O2/c1-18(2,3)16-4-5-17(23)22(20-16)10-14-6-8-21(9-7-14)11-15-12-24-13-19-15/h4-5,12-14H,6-11H2,1-3H3. The highest BCUT2D eigenvalue weighted by Crippen LogP contribution is 2.21.